The summed E-state index contributed by atoms with van der Waals surface area (Å²) >= 11 is 8.70. The highest BCUT2D eigenvalue weighted by Gasteiger charge is 2.36. The summed E-state index contributed by atoms with van der Waals surface area (Å²) in [5.74, 6) is -0.327. The minimum atomic E-state index is -4.49. The van der Waals surface area contributed by atoms with Gasteiger partial charge >= 0.3 is 6.18 Å². The van der Waals surface area contributed by atoms with Gasteiger partial charge in [0.25, 0.3) is 0 Å². The van der Waals surface area contributed by atoms with Crippen molar-refractivity contribution < 1.29 is 17.9 Å². The van der Waals surface area contributed by atoms with Crippen molar-refractivity contribution in [1.29, 1.82) is 0 Å². The molecule has 0 aliphatic heterocycles. The van der Waals surface area contributed by atoms with Crippen molar-refractivity contribution in [1.82, 2.24) is 0 Å². The highest BCUT2D eigenvalue weighted by molar-refractivity contribution is 9.10. The van der Waals surface area contributed by atoms with E-state index in [1.165, 1.54) is 6.07 Å². The van der Waals surface area contributed by atoms with Gasteiger partial charge in [0.2, 0.25) is 0 Å². The van der Waals surface area contributed by atoms with Crippen molar-refractivity contribution in [2.75, 3.05) is 0 Å². The highest BCUT2D eigenvalue weighted by atomic mass is 79.9. The Bertz CT molecular complexity index is 390. The zero-order valence-electron chi connectivity index (χ0n) is 8.53. The Kier molecular flexibility index (Phi) is 4.12. The van der Waals surface area contributed by atoms with Crippen molar-refractivity contribution in [2.24, 2.45) is 0 Å². The van der Waals surface area contributed by atoms with E-state index in [9.17, 15) is 13.2 Å². The predicted molar refractivity (Wildman–Crippen MR) is 59.9 cm³/mol. The van der Waals surface area contributed by atoms with Crippen molar-refractivity contribution in [3.8, 4) is 5.75 Å². The molecule has 0 N–H and O–H groups in total. The van der Waals surface area contributed by atoms with Crippen molar-refractivity contribution >= 4 is 27.5 Å². The molecule has 0 aromatic heterocycles. The van der Waals surface area contributed by atoms with Gasteiger partial charge in [-0.15, -0.1) is 0 Å². The van der Waals surface area contributed by atoms with Crippen LogP contribution in [0.1, 0.15) is 19.4 Å². The minimum Gasteiger partial charge on any atom is -0.489 e. The molecule has 1 aromatic rings. The molecule has 0 saturated carbocycles. The fourth-order valence-corrected chi connectivity index (χ4v) is 1.98. The van der Waals surface area contributed by atoms with Crippen LogP contribution in [0.4, 0.5) is 13.2 Å². The summed E-state index contributed by atoms with van der Waals surface area (Å²) in [5, 5.41) is -0.0598. The lowest BCUT2D eigenvalue weighted by atomic mass is 10.2. The Balaban J connectivity index is 3.33. The number of rotatable bonds is 2. The molecule has 1 rings (SSSR count). The van der Waals surface area contributed by atoms with Gasteiger partial charge in [0.1, 0.15) is 5.56 Å². The zero-order chi connectivity index (χ0) is 12.5. The maximum Gasteiger partial charge on any atom is 0.420 e. The van der Waals surface area contributed by atoms with Crippen molar-refractivity contribution in [3.05, 3.63) is 27.2 Å². The molecule has 16 heavy (non-hydrogen) atoms. The second-order valence-corrected chi connectivity index (χ2v) is 4.75. The topological polar surface area (TPSA) is 9.23 Å². The summed E-state index contributed by atoms with van der Waals surface area (Å²) in [6, 6.07) is 2.32. The predicted octanol–water partition coefficient (Wildman–Crippen LogP) is 4.91. The van der Waals surface area contributed by atoms with Crippen molar-refractivity contribution in [2.45, 2.75) is 26.1 Å². The third-order valence-electron chi connectivity index (χ3n) is 1.67. The molecule has 0 saturated heterocycles. The average Bonchev–Trinajstić information content (AvgIpc) is 2.06. The van der Waals surface area contributed by atoms with Crippen LogP contribution in [0.2, 0.25) is 5.02 Å². The Morgan fingerprint density at radius 1 is 1.31 bits per heavy atom. The molecule has 0 fully saturated rings. The third-order valence-corrected chi connectivity index (χ3v) is 2.41. The fraction of sp³-hybridized carbons (Fsp3) is 0.400. The summed E-state index contributed by atoms with van der Waals surface area (Å²) in [7, 11) is 0. The Morgan fingerprint density at radius 3 is 2.31 bits per heavy atom. The minimum absolute atomic E-state index is 0.0598. The van der Waals surface area contributed by atoms with E-state index in [2.05, 4.69) is 15.9 Å². The van der Waals surface area contributed by atoms with E-state index < -0.39 is 11.7 Å². The van der Waals surface area contributed by atoms with Gasteiger partial charge in [-0.25, -0.2) is 0 Å². The van der Waals surface area contributed by atoms with Crippen LogP contribution >= 0.6 is 27.5 Å². The summed E-state index contributed by atoms with van der Waals surface area (Å²) in [5.41, 5.74) is -0.874. The summed E-state index contributed by atoms with van der Waals surface area (Å²) < 4.78 is 43.4. The Labute approximate surface area is 105 Å². The SMILES string of the molecule is CC(C)Oc1c(Cl)cc(Br)cc1C(F)(F)F. The molecule has 0 bridgehead atoms. The molecule has 1 aromatic carbocycles. The quantitative estimate of drug-likeness (QED) is 0.753. The summed E-state index contributed by atoms with van der Waals surface area (Å²) in [6.45, 7) is 3.27. The molecule has 0 spiro atoms. The zero-order valence-corrected chi connectivity index (χ0v) is 10.9. The van der Waals surface area contributed by atoms with Crippen LogP contribution in [0, 0.1) is 0 Å². The van der Waals surface area contributed by atoms with E-state index in [1.54, 1.807) is 13.8 Å². The monoisotopic (exact) mass is 316 g/mol. The summed E-state index contributed by atoms with van der Waals surface area (Å²) in [6.07, 6.45) is -4.86. The van der Waals surface area contributed by atoms with Gasteiger partial charge in [0.05, 0.1) is 11.1 Å². The third kappa shape index (κ3) is 3.28. The number of ether oxygens (including phenoxy) is 1. The molecule has 0 aliphatic carbocycles. The smallest absolute Gasteiger partial charge is 0.420 e. The fourth-order valence-electron chi connectivity index (χ4n) is 1.13. The molecular formula is C10H9BrClF3O. The molecule has 0 amide bonds. The molecule has 0 atom stereocenters. The molecule has 0 aliphatic rings. The maximum absolute atomic E-state index is 12.7. The summed E-state index contributed by atoms with van der Waals surface area (Å²) in [4.78, 5) is 0. The van der Waals surface area contributed by atoms with Crippen LogP contribution in [0.25, 0.3) is 0 Å². The van der Waals surface area contributed by atoms with Crippen molar-refractivity contribution in [3.63, 3.8) is 0 Å². The van der Waals surface area contributed by atoms with E-state index in [4.69, 9.17) is 16.3 Å². The first-order valence-corrected chi connectivity index (χ1v) is 5.62. The molecule has 0 radical (unpaired) electrons. The van der Waals surface area contributed by atoms with Crippen LogP contribution in [0.5, 0.6) is 5.75 Å². The molecule has 0 heterocycles. The molecule has 1 nitrogen and oxygen atoms in total. The first-order chi connectivity index (χ1) is 7.21. The Hall–Kier alpha value is -0.420. The highest BCUT2D eigenvalue weighted by Crippen LogP contribution is 2.42. The second-order valence-electron chi connectivity index (χ2n) is 3.43. The lowest BCUT2D eigenvalue weighted by molar-refractivity contribution is -0.139. The van der Waals surface area contributed by atoms with Crippen LogP contribution in [-0.2, 0) is 6.18 Å². The number of hydrogen-bond acceptors (Lipinski definition) is 1. The number of alkyl halides is 3. The van der Waals surface area contributed by atoms with Gasteiger partial charge in [-0.3, -0.25) is 0 Å². The van der Waals surface area contributed by atoms with E-state index in [-0.39, 0.29) is 21.3 Å². The van der Waals surface area contributed by atoms with Gasteiger partial charge in [-0.05, 0) is 26.0 Å². The van der Waals surface area contributed by atoms with E-state index >= 15 is 0 Å². The molecule has 90 valence electrons. The molecule has 6 heteroatoms. The Morgan fingerprint density at radius 2 is 1.88 bits per heavy atom. The van der Waals surface area contributed by atoms with E-state index in [1.807, 2.05) is 0 Å². The van der Waals surface area contributed by atoms with Gasteiger partial charge in [-0.2, -0.15) is 13.2 Å². The molecular weight excluding hydrogens is 308 g/mol. The standard InChI is InChI=1S/C10H9BrClF3O/c1-5(2)16-9-7(10(13,14)15)3-6(11)4-8(9)12/h3-5H,1-2H3. The first kappa shape index (κ1) is 13.6. The van der Waals surface area contributed by atoms with Crippen LogP contribution in [-0.4, -0.2) is 6.10 Å². The van der Waals surface area contributed by atoms with Gasteiger partial charge in [0.15, 0.2) is 5.75 Å². The number of benzene rings is 1. The maximum atomic E-state index is 12.7. The average molecular weight is 318 g/mol. The van der Waals surface area contributed by atoms with E-state index in [0.29, 0.717) is 0 Å². The van der Waals surface area contributed by atoms with Crippen LogP contribution in [0.15, 0.2) is 16.6 Å². The van der Waals surface area contributed by atoms with Crippen LogP contribution in [0.3, 0.4) is 0 Å². The molecule has 0 unspecified atom stereocenters. The van der Waals surface area contributed by atoms with Crippen LogP contribution < -0.4 is 4.74 Å². The lowest BCUT2D eigenvalue weighted by Crippen LogP contribution is -2.13. The normalized spacial score (nSPS) is 12.0. The number of halogens is 5. The van der Waals surface area contributed by atoms with Gasteiger partial charge < -0.3 is 4.74 Å². The second kappa shape index (κ2) is 4.84. The first-order valence-electron chi connectivity index (χ1n) is 4.44. The van der Waals surface area contributed by atoms with E-state index in [0.717, 1.165) is 6.07 Å². The number of hydrogen-bond donors (Lipinski definition) is 0. The largest absolute Gasteiger partial charge is 0.489 e. The lowest BCUT2D eigenvalue weighted by Gasteiger charge is -2.17. The van der Waals surface area contributed by atoms with Gasteiger partial charge in [-0.1, -0.05) is 27.5 Å². The van der Waals surface area contributed by atoms with Gasteiger partial charge in [0, 0.05) is 4.47 Å².